The molecule has 8 nitrogen and oxygen atoms in total. The van der Waals surface area contributed by atoms with Gasteiger partial charge in [-0.25, -0.2) is 14.8 Å². The van der Waals surface area contributed by atoms with Crippen LogP contribution < -0.4 is 5.32 Å². The molecule has 2 rings (SSSR count). The Bertz CT molecular complexity index is 656. The van der Waals surface area contributed by atoms with Crippen molar-refractivity contribution in [3.63, 3.8) is 0 Å². The molecule has 138 valence electrons. The van der Waals surface area contributed by atoms with Crippen LogP contribution in [0.3, 0.4) is 0 Å². The van der Waals surface area contributed by atoms with Crippen LogP contribution in [0, 0.1) is 10.1 Å². The second-order valence-corrected chi connectivity index (χ2v) is 5.93. The van der Waals surface area contributed by atoms with Crippen LogP contribution in [-0.2, 0) is 9.53 Å². The smallest absolute Gasteiger partial charge is 0.379 e. The van der Waals surface area contributed by atoms with Crippen LogP contribution in [0.2, 0.25) is 5.28 Å². The Morgan fingerprint density at radius 1 is 1.56 bits per heavy atom. The molecule has 0 amide bonds. The average Bonchev–Trinajstić information content (AvgIpc) is 3.05. The summed E-state index contributed by atoms with van der Waals surface area (Å²) in [6, 6.07) is -2.37. The van der Waals surface area contributed by atoms with Crippen molar-refractivity contribution in [1.82, 2.24) is 15.3 Å². The largest absolute Gasteiger partial charge is 0.462 e. The highest BCUT2D eigenvalue weighted by Gasteiger charge is 2.53. The molecule has 25 heavy (non-hydrogen) atoms. The first-order chi connectivity index (χ1) is 11.8. The molecule has 0 aromatic carbocycles. The molecule has 0 aliphatic heterocycles. The molecule has 0 radical (unpaired) electrons. The number of carbonyl (C=O) groups excluding carboxylic acids is 1. The fraction of sp³-hybridized carbons (Fsp3) is 0.643. The minimum atomic E-state index is -4.07. The Hall–Kier alpha value is -1.94. The first kappa shape index (κ1) is 19.4. The van der Waals surface area contributed by atoms with Gasteiger partial charge in [0.2, 0.25) is 5.28 Å². The van der Waals surface area contributed by atoms with E-state index in [2.05, 4.69) is 20.0 Å². The lowest BCUT2D eigenvalue weighted by molar-refractivity contribution is -0.386. The first-order valence-electron chi connectivity index (χ1n) is 7.75. The van der Waals surface area contributed by atoms with Crippen LogP contribution in [0.15, 0.2) is 6.20 Å². The van der Waals surface area contributed by atoms with Gasteiger partial charge in [0.25, 0.3) is 0 Å². The van der Waals surface area contributed by atoms with Crippen molar-refractivity contribution in [2.75, 3.05) is 6.61 Å². The molecule has 11 heteroatoms. The number of nitrogens with zero attached hydrogens (tertiary/aromatic N) is 3. The van der Waals surface area contributed by atoms with Crippen LogP contribution in [-0.4, -0.2) is 39.4 Å². The predicted octanol–water partition coefficient (Wildman–Crippen LogP) is 2.81. The summed E-state index contributed by atoms with van der Waals surface area (Å²) >= 11 is 5.64. The van der Waals surface area contributed by atoms with Crippen molar-refractivity contribution in [3.05, 3.63) is 27.3 Å². The number of hydrogen-bond donors (Lipinski definition) is 1. The van der Waals surface area contributed by atoms with E-state index < -0.39 is 39.5 Å². The number of nitrogens with one attached hydrogen (secondary N) is 1. The summed E-state index contributed by atoms with van der Waals surface area (Å²) in [5, 5.41) is 13.4. The summed E-state index contributed by atoms with van der Waals surface area (Å²) in [5.41, 5.74) is -1.39. The Morgan fingerprint density at radius 3 is 2.76 bits per heavy atom. The van der Waals surface area contributed by atoms with Crippen LogP contribution >= 0.6 is 11.6 Å². The van der Waals surface area contributed by atoms with Gasteiger partial charge < -0.3 is 10.1 Å². The second kappa shape index (κ2) is 7.96. The Morgan fingerprint density at radius 2 is 2.20 bits per heavy atom. The zero-order valence-corrected chi connectivity index (χ0v) is 14.1. The van der Waals surface area contributed by atoms with Crippen molar-refractivity contribution in [3.8, 4) is 0 Å². The lowest BCUT2D eigenvalue weighted by atomic mass is 10.0. The fourth-order valence-corrected chi connectivity index (χ4v) is 2.89. The van der Waals surface area contributed by atoms with Crippen LogP contribution in [0.4, 0.5) is 14.5 Å². The summed E-state index contributed by atoms with van der Waals surface area (Å²) in [7, 11) is 0. The molecule has 1 aromatic heterocycles. The quantitative estimate of drug-likeness (QED) is 0.336. The van der Waals surface area contributed by atoms with E-state index in [0.29, 0.717) is 12.8 Å². The molecule has 1 atom stereocenters. The Labute approximate surface area is 147 Å². The number of aromatic nitrogens is 2. The summed E-state index contributed by atoms with van der Waals surface area (Å²) < 4.78 is 33.9. The molecular weight excluding hydrogens is 362 g/mol. The SMILES string of the molecule is CCOC(=O)C(F)(F)C(NC1CCCC1)c1nc(Cl)ncc1[N+](=O)[O-]. The first-order valence-corrected chi connectivity index (χ1v) is 8.13. The maximum absolute atomic E-state index is 14.7. The number of hydrogen-bond acceptors (Lipinski definition) is 7. The lowest BCUT2D eigenvalue weighted by Crippen LogP contribution is -2.47. The highest BCUT2D eigenvalue weighted by Crippen LogP contribution is 2.38. The number of esters is 1. The van der Waals surface area contributed by atoms with E-state index in [1.165, 1.54) is 6.92 Å². The van der Waals surface area contributed by atoms with Crippen LogP contribution in [0.1, 0.15) is 44.3 Å². The van der Waals surface area contributed by atoms with Gasteiger partial charge in [0, 0.05) is 6.04 Å². The Kier molecular flexibility index (Phi) is 6.17. The van der Waals surface area contributed by atoms with E-state index in [1.54, 1.807) is 0 Å². The molecule has 1 saturated carbocycles. The van der Waals surface area contributed by atoms with Gasteiger partial charge >= 0.3 is 17.6 Å². The van der Waals surface area contributed by atoms with Crippen LogP contribution in [0.5, 0.6) is 0 Å². The standard InChI is InChI=1S/C14H17ClF2N4O4/c1-2-25-12(22)14(16,17)11(19-8-5-3-4-6-8)10-9(21(23)24)7-18-13(15)20-10/h7-8,11,19H,2-6H2,1H3. The molecule has 1 aromatic rings. The van der Waals surface area contributed by atoms with Crippen molar-refractivity contribution in [2.45, 2.75) is 50.6 Å². The summed E-state index contributed by atoms with van der Waals surface area (Å²) in [6.07, 6.45) is 3.64. The summed E-state index contributed by atoms with van der Waals surface area (Å²) in [5.74, 6) is -5.85. The molecule has 1 aliphatic rings. The van der Waals surface area contributed by atoms with Gasteiger partial charge in [0.1, 0.15) is 17.9 Å². The van der Waals surface area contributed by atoms with E-state index in [1.807, 2.05) is 0 Å². The Balaban J connectivity index is 2.49. The predicted molar refractivity (Wildman–Crippen MR) is 83.4 cm³/mol. The minimum absolute atomic E-state index is 0.253. The molecule has 1 aliphatic carbocycles. The zero-order chi connectivity index (χ0) is 18.6. The van der Waals surface area contributed by atoms with Crippen molar-refractivity contribution in [1.29, 1.82) is 0 Å². The third-order valence-electron chi connectivity index (χ3n) is 3.91. The minimum Gasteiger partial charge on any atom is -0.462 e. The summed E-state index contributed by atoms with van der Waals surface area (Å²) in [6.45, 7) is 1.13. The fourth-order valence-electron chi connectivity index (χ4n) is 2.75. The normalized spacial score (nSPS) is 16.6. The van der Waals surface area contributed by atoms with Gasteiger partial charge in [-0.1, -0.05) is 12.8 Å². The van der Waals surface area contributed by atoms with Crippen molar-refractivity contribution < 1.29 is 23.2 Å². The number of rotatable bonds is 7. The van der Waals surface area contributed by atoms with E-state index >= 15 is 0 Å². The molecule has 1 unspecified atom stereocenters. The van der Waals surface area contributed by atoms with Crippen molar-refractivity contribution in [2.24, 2.45) is 0 Å². The number of alkyl halides is 2. The lowest BCUT2D eigenvalue weighted by Gasteiger charge is -2.28. The van der Waals surface area contributed by atoms with Crippen LogP contribution in [0.25, 0.3) is 0 Å². The third kappa shape index (κ3) is 4.37. The maximum Gasteiger partial charge on any atom is 0.379 e. The molecule has 0 bridgehead atoms. The number of nitro groups is 1. The van der Waals surface area contributed by atoms with E-state index in [9.17, 15) is 23.7 Å². The van der Waals surface area contributed by atoms with Crippen molar-refractivity contribution >= 4 is 23.3 Å². The maximum atomic E-state index is 14.7. The monoisotopic (exact) mass is 378 g/mol. The van der Waals surface area contributed by atoms with Gasteiger partial charge in [0.15, 0.2) is 0 Å². The zero-order valence-electron chi connectivity index (χ0n) is 13.4. The van der Waals surface area contributed by atoms with E-state index in [-0.39, 0.29) is 12.6 Å². The molecular formula is C14H17ClF2N4O4. The number of ether oxygens (including phenoxy) is 1. The van der Waals surface area contributed by atoms with E-state index in [0.717, 1.165) is 19.0 Å². The van der Waals surface area contributed by atoms with E-state index in [4.69, 9.17) is 11.6 Å². The third-order valence-corrected chi connectivity index (χ3v) is 4.09. The van der Waals surface area contributed by atoms with Gasteiger partial charge in [-0.2, -0.15) is 8.78 Å². The molecule has 1 N–H and O–H groups in total. The highest BCUT2D eigenvalue weighted by atomic mass is 35.5. The summed E-state index contributed by atoms with van der Waals surface area (Å²) in [4.78, 5) is 29.1. The molecule has 0 saturated heterocycles. The molecule has 1 fully saturated rings. The van der Waals surface area contributed by atoms with Gasteiger partial charge in [-0.15, -0.1) is 0 Å². The topological polar surface area (TPSA) is 107 Å². The number of halogens is 3. The highest BCUT2D eigenvalue weighted by molar-refractivity contribution is 6.28. The van der Waals surface area contributed by atoms with Gasteiger partial charge in [0.05, 0.1) is 11.5 Å². The second-order valence-electron chi connectivity index (χ2n) is 5.59. The van der Waals surface area contributed by atoms with Gasteiger partial charge in [-0.05, 0) is 31.4 Å². The number of carbonyl (C=O) groups is 1. The van der Waals surface area contributed by atoms with Gasteiger partial charge in [-0.3, -0.25) is 10.1 Å². The molecule has 1 heterocycles. The average molecular weight is 379 g/mol. The molecule has 0 spiro atoms.